The Morgan fingerprint density at radius 3 is 2.81 bits per heavy atom. The normalized spacial score (nSPS) is 12.1. The van der Waals surface area contributed by atoms with Crippen LogP contribution in [0.1, 0.15) is 35.9 Å². The fourth-order valence-corrected chi connectivity index (χ4v) is 1.91. The minimum Gasteiger partial charge on any atom is -0.477 e. The minimum absolute atomic E-state index is 0.0172. The Bertz CT molecular complexity index is 646. The van der Waals surface area contributed by atoms with Gasteiger partial charge < -0.3 is 10.4 Å². The van der Waals surface area contributed by atoms with Crippen molar-refractivity contribution in [3.8, 4) is 0 Å². The molecule has 0 aliphatic rings. The van der Waals surface area contributed by atoms with Crippen LogP contribution in [-0.2, 0) is 17.9 Å². The molecular formula is C13H17N5O3. The number of carboxylic acids is 1. The van der Waals surface area contributed by atoms with Crippen LogP contribution in [-0.4, -0.2) is 36.5 Å². The van der Waals surface area contributed by atoms with Crippen molar-refractivity contribution in [3.63, 3.8) is 0 Å². The summed E-state index contributed by atoms with van der Waals surface area (Å²) >= 11 is 0. The maximum absolute atomic E-state index is 12.1. The highest BCUT2D eigenvalue weighted by Gasteiger charge is 2.21. The lowest BCUT2D eigenvalue weighted by Crippen LogP contribution is -2.32. The largest absolute Gasteiger partial charge is 0.477 e. The minimum atomic E-state index is -1.11. The summed E-state index contributed by atoms with van der Waals surface area (Å²) < 4.78 is 2.95. The lowest BCUT2D eigenvalue weighted by atomic mass is 10.3. The number of amides is 1. The lowest BCUT2D eigenvalue weighted by molar-refractivity contribution is -0.124. The maximum Gasteiger partial charge on any atom is 0.354 e. The van der Waals surface area contributed by atoms with Gasteiger partial charge in [0.15, 0.2) is 0 Å². The molecule has 0 aliphatic heterocycles. The molecule has 0 aromatic carbocycles. The molecule has 8 nitrogen and oxygen atoms in total. The summed E-state index contributed by atoms with van der Waals surface area (Å²) in [6.07, 6.45) is 4.89. The fraction of sp³-hybridized carbons (Fsp3) is 0.385. The highest BCUT2D eigenvalue weighted by molar-refractivity contribution is 5.87. The zero-order chi connectivity index (χ0) is 15.4. The number of rotatable bonds is 6. The summed E-state index contributed by atoms with van der Waals surface area (Å²) in [6.45, 7) is 4.68. The van der Waals surface area contributed by atoms with Gasteiger partial charge in [-0.25, -0.2) is 9.48 Å². The van der Waals surface area contributed by atoms with Gasteiger partial charge in [-0.05, 0) is 19.9 Å². The Kier molecular flexibility index (Phi) is 4.36. The molecule has 0 aliphatic carbocycles. The van der Waals surface area contributed by atoms with E-state index in [0.29, 0.717) is 6.54 Å². The summed E-state index contributed by atoms with van der Waals surface area (Å²) in [7, 11) is 0. The monoisotopic (exact) mass is 291 g/mol. The van der Waals surface area contributed by atoms with E-state index in [-0.39, 0.29) is 11.6 Å². The molecule has 8 heteroatoms. The average Bonchev–Trinajstić information content (AvgIpc) is 3.12. The van der Waals surface area contributed by atoms with Crippen molar-refractivity contribution in [2.45, 2.75) is 33.0 Å². The standard InChI is InChI=1S/C13H17N5O3/c1-3-17-8-10(7-16-17)6-14-12(19)9(2)18-11(13(20)21)4-5-15-18/h4-5,7-9H,3,6H2,1-2H3,(H,14,19)(H,20,21). The van der Waals surface area contributed by atoms with Crippen LogP contribution in [0, 0.1) is 0 Å². The quantitative estimate of drug-likeness (QED) is 0.814. The third-order valence-corrected chi connectivity index (χ3v) is 3.11. The molecule has 0 saturated carbocycles. The number of nitrogens with one attached hydrogen (secondary N) is 1. The predicted octanol–water partition coefficient (Wildman–Crippen LogP) is 0.675. The van der Waals surface area contributed by atoms with Crippen LogP contribution in [0.2, 0.25) is 0 Å². The molecule has 2 N–H and O–H groups in total. The van der Waals surface area contributed by atoms with Crippen LogP contribution in [0.25, 0.3) is 0 Å². The topological polar surface area (TPSA) is 102 Å². The van der Waals surface area contributed by atoms with Crippen molar-refractivity contribution in [1.82, 2.24) is 24.9 Å². The van der Waals surface area contributed by atoms with Crippen molar-refractivity contribution >= 4 is 11.9 Å². The van der Waals surface area contributed by atoms with Gasteiger partial charge in [0.2, 0.25) is 5.91 Å². The molecule has 2 aromatic heterocycles. The molecule has 2 aromatic rings. The van der Waals surface area contributed by atoms with Gasteiger partial charge in [0.05, 0.1) is 6.20 Å². The van der Waals surface area contributed by atoms with Crippen LogP contribution in [0.3, 0.4) is 0 Å². The maximum atomic E-state index is 12.1. The van der Waals surface area contributed by atoms with Crippen molar-refractivity contribution in [1.29, 1.82) is 0 Å². The van der Waals surface area contributed by atoms with Crippen LogP contribution in [0.5, 0.6) is 0 Å². The number of hydrogen-bond donors (Lipinski definition) is 2. The Hall–Kier alpha value is -2.64. The van der Waals surface area contributed by atoms with Gasteiger partial charge in [0.25, 0.3) is 0 Å². The van der Waals surface area contributed by atoms with Crippen LogP contribution >= 0.6 is 0 Å². The highest BCUT2D eigenvalue weighted by Crippen LogP contribution is 2.09. The molecule has 112 valence electrons. The first-order valence-electron chi connectivity index (χ1n) is 6.58. The van der Waals surface area contributed by atoms with Crippen molar-refractivity contribution in [2.24, 2.45) is 0 Å². The summed E-state index contributed by atoms with van der Waals surface area (Å²) in [5, 5.41) is 19.8. The van der Waals surface area contributed by atoms with Gasteiger partial charge in [0.1, 0.15) is 11.7 Å². The smallest absolute Gasteiger partial charge is 0.354 e. The first-order chi connectivity index (χ1) is 10.0. The summed E-state index contributed by atoms with van der Waals surface area (Å²) in [4.78, 5) is 23.1. The van der Waals surface area contributed by atoms with Gasteiger partial charge in [-0.1, -0.05) is 0 Å². The second-order valence-corrected chi connectivity index (χ2v) is 4.56. The molecule has 0 fully saturated rings. The fourth-order valence-electron chi connectivity index (χ4n) is 1.91. The molecule has 1 atom stereocenters. The number of carbonyl (C=O) groups is 2. The summed E-state index contributed by atoms with van der Waals surface area (Å²) in [5.41, 5.74) is 0.868. The average molecular weight is 291 g/mol. The number of nitrogens with zero attached hydrogens (tertiary/aromatic N) is 4. The molecular weight excluding hydrogens is 274 g/mol. The van der Waals surface area contributed by atoms with Crippen LogP contribution in [0.4, 0.5) is 0 Å². The Balaban J connectivity index is 1.99. The Labute approximate surface area is 121 Å². The van der Waals surface area contributed by atoms with E-state index in [4.69, 9.17) is 5.11 Å². The van der Waals surface area contributed by atoms with Gasteiger partial charge in [0, 0.05) is 31.0 Å². The van der Waals surface area contributed by atoms with E-state index < -0.39 is 12.0 Å². The lowest BCUT2D eigenvalue weighted by Gasteiger charge is -2.13. The van der Waals surface area contributed by atoms with E-state index in [0.717, 1.165) is 12.1 Å². The Morgan fingerprint density at radius 2 is 2.19 bits per heavy atom. The molecule has 0 saturated heterocycles. The second kappa shape index (κ2) is 6.21. The first-order valence-corrected chi connectivity index (χ1v) is 6.58. The van der Waals surface area contributed by atoms with E-state index in [9.17, 15) is 9.59 Å². The predicted molar refractivity (Wildman–Crippen MR) is 73.6 cm³/mol. The molecule has 0 radical (unpaired) electrons. The zero-order valence-electron chi connectivity index (χ0n) is 11.9. The molecule has 1 unspecified atom stereocenters. The van der Waals surface area contributed by atoms with Gasteiger partial charge in [-0.3, -0.25) is 9.48 Å². The third kappa shape index (κ3) is 3.28. The number of carboxylic acid groups (broad SMARTS) is 1. The van der Waals surface area contributed by atoms with Crippen molar-refractivity contribution < 1.29 is 14.7 Å². The van der Waals surface area contributed by atoms with E-state index in [2.05, 4.69) is 15.5 Å². The number of carbonyl (C=O) groups excluding carboxylic acids is 1. The van der Waals surface area contributed by atoms with Crippen molar-refractivity contribution in [2.75, 3.05) is 0 Å². The molecule has 1 amide bonds. The summed E-state index contributed by atoms with van der Waals surface area (Å²) in [6, 6.07) is 0.657. The summed E-state index contributed by atoms with van der Waals surface area (Å²) in [5.74, 6) is -1.41. The van der Waals surface area contributed by atoms with Gasteiger partial charge in [-0.15, -0.1) is 0 Å². The molecule has 0 spiro atoms. The zero-order valence-corrected chi connectivity index (χ0v) is 11.9. The van der Waals surface area contributed by atoms with E-state index >= 15 is 0 Å². The Morgan fingerprint density at radius 1 is 1.43 bits per heavy atom. The highest BCUT2D eigenvalue weighted by atomic mass is 16.4. The van der Waals surface area contributed by atoms with Crippen molar-refractivity contribution in [3.05, 3.63) is 35.9 Å². The van der Waals surface area contributed by atoms with Gasteiger partial charge in [-0.2, -0.15) is 10.2 Å². The van der Waals surface area contributed by atoms with Crippen LogP contribution in [0.15, 0.2) is 24.7 Å². The number of aryl methyl sites for hydroxylation is 1. The van der Waals surface area contributed by atoms with E-state index in [1.54, 1.807) is 17.8 Å². The van der Waals surface area contributed by atoms with Crippen LogP contribution < -0.4 is 5.32 Å². The molecule has 2 rings (SSSR count). The number of hydrogen-bond acceptors (Lipinski definition) is 4. The first kappa shape index (κ1) is 14.8. The number of aromatic carboxylic acids is 1. The number of aromatic nitrogens is 4. The molecule has 0 bridgehead atoms. The van der Waals surface area contributed by atoms with E-state index in [1.165, 1.54) is 16.9 Å². The van der Waals surface area contributed by atoms with E-state index in [1.807, 2.05) is 13.1 Å². The SMILES string of the molecule is CCn1cc(CNC(=O)C(C)n2nccc2C(=O)O)cn1. The second-order valence-electron chi connectivity index (χ2n) is 4.56. The molecule has 2 heterocycles. The van der Waals surface area contributed by atoms with Gasteiger partial charge >= 0.3 is 5.97 Å². The third-order valence-electron chi connectivity index (χ3n) is 3.11. The molecule has 21 heavy (non-hydrogen) atoms.